The van der Waals surface area contributed by atoms with Crippen LogP contribution in [-0.2, 0) is 31.6 Å². The number of ether oxygens (including phenoxy) is 1. The second-order valence-corrected chi connectivity index (χ2v) is 10.0. The van der Waals surface area contributed by atoms with Crippen molar-refractivity contribution in [3.05, 3.63) is 26.9 Å². The molecule has 0 aromatic carbocycles. The maximum Gasteiger partial charge on any atom is 0.490 e. The minimum atomic E-state index is -5.77. The first-order valence-electron chi connectivity index (χ1n) is 7.36. The van der Waals surface area contributed by atoms with Crippen molar-refractivity contribution < 1.29 is 66.5 Å². The molecule has 0 bridgehead atoms. The summed E-state index contributed by atoms with van der Waals surface area (Å²) >= 11 is 0. The van der Waals surface area contributed by atoms with E-state index in [4.69, 9.17) is 19.4 Å². The van der Waals surface area contributed by atoms with Gasteiger partial charge >= 0.3 is 29.2 Å². The summed E-state index contributed by atoms with van der Waals surface area (Å²) in [7, 11) is -16.9. The molecule has 0 radical (unpaired) electrons. The fourth-order valence-corrected chi connectivity index (χ4v) is 5.32. The number of nitrogens with zero attached hydrogens (tertiary/aromatic N) is 1. The van der Waals surface area contributed by atoms with Gasteiger partial charge < -0.3 is 39.6 Å². The van der Waals surface area contributed by atoms with Gasteiger partial charge in [-0.3, -0.25) is 14.3 Å². The Hall–Kier alpha value is -1.23. The molecule has 6 atom stereocenters. The second-order valence-electron chi connectivity index (χ2n) is 5.60. The summed E-state index contributed by atoms with van der Waals surface area (Å²) < 4.78 is 50.1. The molecule has 0 aliphatic carbocycles. The quantitative estimate of drug-likeness (QED) is 0.167. The molecule has 0 spiro atoms. The van der Waals surface area contributed by atoms with E-state index < -0.39 is 71.7 Å². The molecule has 1 aliphatic rings. The molecule has 18 nitrogen and oxygen atoms in total. The molecule has 2 heterocycles. The molecule has 30 heavy (non-hydrogen) atoms. The van der Waals surface area contributed by atoms with E-state index in [1.807, 2.05) is 0 Å². The van der Waals surface area contributed by atoms with Crippen LogP contribution < -0.4 is 11.2 Å². The molecular formula is C9H15N2O16P3. The molecule has 1 saturated heterocycles. The zero-order valence-electron chi connectivity index (χ0n) is 14.2. The van der Waals surface area contributed by atoms with Gasteiger partial charge in [-0.05, 0) is 0 Å². The fourth-order valence-electron chi connectivity index (χ4n) is 2.29. The summed E-state index contributed by atoms with van der Waals surface area (Å²) in [6.07, 6.45) is -7.30. The Morgan fingerprint density at radius 2 is 1.63 bits per heavy atom. The van der Waals surface area contributed by atoms with Gasteiger partial charge in [-0.2, -0.15) is 8.62 Å². The largest absolute Gasteiger partial charge is 0.494 e. The van der Waals surface area contributed by atoms with Gasteiger partial charge in [0.15, 0.2) is 6.23 Å². The SMILES string of the molecule is O=c1cc(O)n([C@@H]2O[C@H](COP(=O)(O)OP(=O)(O)OP(=O)(O)O)[C@@H](O)[C@H]2O)c(=O)[nH]1. The predicted molar refractivity (Wildman–Crippen MR) is 88.7 cm³/mol. The van der Waals surface area contributed by atoms with Crippen molar-refractivity contribution in [3.63, 3.8) is 0 Å². The van der Waals surface area contributed by atoms with E-state index in [2.05, 4.69) is 13.1 Å². The maximum atomic E-state index is 11.8. The average Bonchev–Trinajstić information content (AvgIpc) is 2.77. The van der Waals surface area contributed by atoms with Gasteiger partial charge in [0, 0.05) is 0 Å². The first kappa shape index (κ1) is 25.0. The molecule has 1 aromatic heterocycles. The third-order valence-electron chi connectivity index (χ3n) is 3.37. The average molecular weight is 500 g/mol. The van der Waals surface area contributed by atoms with Gasteiger partial charge in [-0.25, -0.2) is 23.1 Å². The van der Waals surface area contributed by atoms with Crippen molar-refractivity contribution in [2.45, 2.75) is 24.5 Å². The summed E-state index contributed by atoms with van der Waals surface area (Å²) in [6.45, 7) is -1.13. The van der Waals surface area contributed by atoms with E-state index in [9.17, 15) is 43.5 Å². The van der Waals surface area contributed by atoms with E-state index in [1.165, 1.54) is 0 Å². The van der Waals surface area contributed by atoms with Crippen molar-refractivity contribution in [1.82, 2.24) is 9.55 Å². The summed E-state index contributed by atoms with van der Waals surface area (Å²) in [4.78, 5) is 59.9. The molecule has 2 rings (SSSR count). The van der Waals surface area contributed by atoms with Crippen LogP contribution in [0.15, 0.2) is 15.7 Å². The van der Waals surface area contributed by atoms with Crippen molar-refractivity contribution in [1.29, 1.82) is 0 Å². The Balaban J connectivity index is 2.11. The first-order valence-corrected chi connectivity index (χ1v) is 11.9. The Kier molecular flexibility index (Phi) is 7.28. The minimum absolute atomic E-state index is 0.347. The van der Waals surface area contributed by atoms with Crippen molar-refractivity contribution in [3.8, 4) is 5.88 Å². The van der Waals surface area contributed by atoms with Gasteiger partial charge in [-0.1, -0.05) is 0 Å². The van der Waals surface area contributed by atoms with Crippen LogP contribution in [0.3, 0.4) is 0 Å². The molecular weight excluding hydrogens is 485 g/mol. The number of rotatable bonds is 8. The van der Waals surface area contributed by atoms with Gasteiger partial charge in [-0.15, -0.1) is 0 Å². The van der Waals surface area contributed by atoms with Crippen molar-refractivity contribution in [2.75, 3.05) is 6.61 Å². The Morgan fingerprint density at radius 1 is 1.03 bits per heavy atom. The smallest absolute Gasteiger partial charge is 0.490 e. The van der Waals surface area contributed by atoms with Crippen LogP contribution in [0.25, 0.3) is 0 Å². The van der Waals surface area contributed by atoms with E-state index >= 15 is 0 Å². The Labute approximate surface area is 164 Å². The highest BCUT2D eigenvalue weighted by atomic mass is 31.3. The zero-order chi connectivity index (χ0) is 23.1. The third-order valence-corrected chi connectivity index (χ3v) is 7.17. The molecule has 21 heteroatoms. The second kappa shape index (κ2) is 8.72. The van der Waals surface area contributed by atoms with Crippen LogP contribution in [0.5, 0.6) is 5.88 Å². The van der Waals surface area contributed by atoms with Gasteiger partial charge in [0.25, 0.3) is 5.56 Å². The number of hydrogen-bond acceptors (Lipinski definition) is 12. The molecule has 1 fully saturated rings. The predicted octanol–water partition coefficient (Wildman–Crippen LogP) is -2.80. The maximum absolute atomic E-state index is 11.8. The van der Waals surface area contributed by atoms with E-state index in [1.54, 1.807) is 4.98 Å². The lowest BCUT2D eigenvalue weighted by molar-refractivity contribution is -0.0571. The summed E-state index contributed by atoms with van der Waals surface area (Å²) in [5.41, 5.74) is -2.21. The number of phosphoric ester groups is 1. The Morgan fingerprint density at radius 3 is 2.17 bits per heavy atom. The van der Waals surface area contributed by atoms with Crippen molar-refractivity contribution in [2.24, 2.45) is 0 Å². The molecule has 0 amide bonds. The van der Waals surface area contributed by atoms with Gasteiger partial charge in [0.1, 0.15) is 18.3 Å². The number of nitrogens with one attached hydrogen (secondary N) is 1. The van der Waals surface area contributed by atoms with Crippen LogP contribution in [0.1, 0.15) is 6.23 Å². The zero-order valence-corrected chi connectivity index (χ0v) is 16.9. The summed E-state index contributed by atoms with van der Waals surface area (Å²) in [5.74, 6) is -0.950. The lowest BCUT2D eigenvalue weighted by Crippen LogP contribution is -2.37. The lowest BCUT2D eigenvalue weighted by Gasteiger charge is -2.19. The van der Waals surface area contributed by atoms with Crippen LogP contribution in [0.2, 0.25) is 0 Å². The number of aliphatic hydroxyl groups excluding tert-OH is 2. The molecule has 172 valence electrons. The normalized spacial score (nSPS) is 28.7. The number of phosphoric acid groups is 3. The number of aromatic amines is 1. The highest BCUT2D eigenvalue weighted by Gasteiger charge is 2.47. The third kappa shape index (κ3) is 6.38. The van der Waals surface area contributed by atoms with Gasteiger partial charge in [0.05, 0.1) is 12.7 Å². The van der Waals surface area contributed by atoms with Gasteiger partial charge in [0.2, 0.25) is 5.88 Å². The first-order chi connectivity index (χ1) is 13.5. The number of aromatic nitrogens is 2. The fraction of sp³-hybridized carbons (Fsp3) is 0.556. The number of aromatic hydroxyl groups is 1. The molecule has 8 N–H and O–H groups in total. The van der Waals surface area contributed by atoms with E-state index in [-0.39, 0.29) is 0 Å². The number of H-pyrrole nitrogens is 1. The topological polar surface area (TPSA) is 285 Å². The standard InChI is InChI=1S/C9H15N2O16P3/c12-4-1-5(13)11(9(16)10-4)8-7(15)6(14)3(25-8)2-24-29(20,21)27-30(22,23)26-28(17,18)19/h1,3,6-8,13-15H,2H2,(H,20,21)(H,22,23)(H,10,12,16)(H2,17,18,19)/t3-,6-,7-,8-/m1/s1. The van der Waals surface area contributed by atoms with Crippen LogP contribution in [0.4, 0.5) is 0 Å². The lowest BCUT2D eigenvalue weighted by atomic mass is 10.1. The highest BCUT2D eigenvalue weighted by Crippen LogP contribution is 2.66. The summed E-state index contributed by atoms with van der Waals surface area (Å²) in [5, 5.41) is 29.6. The monoisotopic (exact) mass is 500 g/mol. The van der Waals surface area contributed by atoms with Crippen molar-refractivity contribution >= 4 is 23.5 Å². The van der Waals surface area contributed by atoms with Crippen LogP contribution in [-0.4, -0.2) is 69.4 Å². The van der Waals surface area contributed by atoms with E-state index in [0.717, 1.165) is 0 Å². The van der Waals surface area contributed by atoms with Crippen LogP contribution in [0, 0.1) is 0 Å². The number of aliphatic hydroxyl groups is 2. The molecule has 0 saturated carbocycles. The minimum Gasteiger partial charge on any atom is -0.494 e. The summed E-state index contributed by atoms with van der Waals surface area (Å²) in [6, 6.07) is 0.559. The Bertz CT molecular complexity index is 1040. The van der Waals surface area contributed by atoms with Crippen LogP contribution >= 0.6 is 23.5 Å². The molecule has 1 aromatic rings. The molecule has 2 unspecified atom stereocenters. The number of hydrogen-bond donors (Lipinski definition) is 8. The molecule has 1 aliphatic heterocycles. The highest BCUT2D eigenvalue weighted by molar-refractivity contribution is 7.66. The van der Waals surface area contributed by atoms with E-state index in [0.29, 0.717) is 10.6 Å².